The summed E-state index contributed by atoms with van der Waals surface area (Å²) in [6.45, 7) is 0.0554. The molecule has 1 atom stereocenters. The van der Waals surface area contributed by atoms with Crippen molar-refractivity contribution in [2.45, 2.75) is 6.10 Å². The Labute approximate surface area is 119 Å². The molecule has 0 bridgehead atoms. The minimum atomic E-state index is -1.21. The van der Waals surface area contributed by atoms with Gasteiger partial charge in [-0.3, -0.25) is 0 Å². The maximum absolute atomic E-state index is 13.2. The number of benzene rings is 2. The number of methoxy groups -OCH3 is 1. The smallest absolute Gasteiger partial charge is 0.231 e. The highest BCUT2D eigenvalue weighted by atomic mass is 19.1. The minimum absolute atomic E-state index is 0.0554. The molecule has 0 saturated carbocycles. The van der Waals surface area contributed by atoms with Crippen LogP contribution in [0.3, 0.4) is 0 Å². The van der Waals surface area contributed by atoms with Crippen molar-refractivity contribution in [3.05, 3.63) is 53.1 Å². The summed E-state index contributed by atoms with van der Waals surface area (Å²) in [6, 6.07) is 5.99. The molecule has 21 heavy (non-hydrogen) atoms. The predicted molar refractivity (Wildman–Crippen MR) is 69.5 cm³/mol. The zero-order valence-corrected chi connectivity index (χ0v) is 11.1. The Morgan fingerprint density at radius 2 is 1.71 bits per heavy atom. The molecule has 2 aromatic carbocycles. The van der Waals surface area contributed by atoms with E-state index in [1.54, 1.807) is 12.1 Å². The van der Waals surface area contributed by atoms with Crippen molar-refractivity contribution in [3.8, 4) is 17.2 Å². The molecule has 2 aromatic rings. The van der Waals surface area contributed by atoms with Crippen LogP contribution in [0.25, 0.3) is 0 Å². The number of hydrogen-bond acceptors (Lipinski definition) is 4. The maximum atomic E-state index is 13.2. The summed E-state index contributed by atoms with van der Waals surface area (Å²) >= 11 is 0. The second kappa shape index (κ2) is 5.21. The molecular weight excluding hydrogens is 282 g/mol. The van der Waals surface area contributed by atoms with Gasteiger partial charge in [0, 0.05) is 6.07 Å². The van der Waals surface area contributed by atoms with Crippen molar-refractivity contribution in [1.29, 1.82) is 0 Å². The Morgan fingerprint density at radius 1 is 1.05 bits per heavy atom. The van der Waals surface area contributed by atoms with Gasteiger partial charge < -0.3 is 19.3 Å². The molecule has 0 fully saturated rings. The van der Waals surface area contributed by atoms with Gasteiger partial charge in [0.15, 0.2) is 11.5 Å². The van der Waals surface area contributed by atoms with E-state index >= 15 is 0 Å². The first-order valence-corrected chi connectivity index (χ1v) is 6.20. The van der Waals surface area contributed by atoms with Gasteiger partial charge in [0.25, 0.3) is 0 Å². The molecule has 0 spiro atoms. The molecule has 0 radical (unpaired) electrons. The van der Waals surface area contributed by atoms with Gasteiger partial charge in [-0.2, -0.15) is 0 Å². The Hall–Kier alpha value is -2.34. The molecule has 1 heterocycles. The fourth-order valence-electron chi connectivity index (χ4n) is 2.23. The zero-order valence-electron chi connectivity index (χ0n) is 11.1. The molecule has 0 amide bonds. The van der Waals surface area contributed by atoms with Crippen molar-refractivity contribution < 1.29 is 28.1 Å². The highest BCUT2D eigenvalue weighted by Gasteiger charge is 2.23. The SMILES string of the molecule is COc1cc(C(O)c2cc(F)cc(F)c2)cc2c1OCO2. The zero-order chi connectivity index (χ0) is 15.0. The van der Waals surface area contributed by atoms with Crippen LogP contribution in [0.5, 0.6) is 17.2 Å². The average molecular weight is 294 g/mol. The normalized spacial score (nSPS) is 14.1. The lowest BCUT2D eigenvalue weighted by atomic mass is 10.0. The van der Waals surface area contributed by atoms with Crippen LogP contribution in [0.2, 0.25) is 0 Å². The molecular formula is C15H12F2O4. The van der Waals surface area contributed by atoms with Crippen LogP contribution in [0.1, 0.15) is 17.2 Å². The standard InChI is InChI=1S/C15H12F2O4/c1-19-12-4-9(5-13-15(12)21-7-20-13)14(18)8-2-10(16)6-11(17)3-8/h2-6,14,18H,7H2,1H3. The summed E-state index contributed by atoms with van der Waals surface area (Å²) in [5.74, 6) is -0.261. The van der Waals surface area contributed by atoms with Gasteiger partial charge in [0.2, 0.25) is 12.5 Å². The number of hydrogen-bond donors (Lipinski definition) is 1. The second-order valence-corrected chi connectivity index (χ2v) is 4.56. The van der Waals surface area contributed by atoms with Crippen LogP contribution in [-0.4, -0.2) is 19.0 Å². The van der Waals surface area contributed by atoms with Gasteiger partial charge in [0.05, 0.1) is 7.11 Å². The van der Waals surface area contributed by atoms with E-state index in [1.165, 1.54) is 7.11 Å². The maximum Gasteiger partial charge on any atom is 0.231 e. The van der Waals surface area contributed by atoms with E-state index in [0.29, 0.717) is 22.8 Å². The number of halogens is 2. The van der Waals surface area contributed by atoms with Crippen molar-refractivity contribution in [3.63, 3.8) is 0 Å². The van der Waals surface area contributed by atoms with Crippen LogP contribution >= 0.6 is 0 Å². The Bertz CT molecular complexity index is 667. The minimum Gasteiger partial charge on any atom is -0.493 e. The van der Waals surface area contributed by atoms with Crippen molar-refractivity contribution in [2.75, 3.05) is 13.9 Å². The van der Waals surface area contributed by atoms with E-state index in [1.807, 2.05) is 0 Å². The lowest BCUT2D eigenvalue weighted by Crippen LogP contribution is -2.02. The molecule has 1 aliphatic heterocycles. The molecule has 1 N–H and O–H groups in total. The summed E-state index contributed by atoms with van der Waals surface area (Å²) in [7, 11) is 1.45. The van der Waals surface area contributed by atoms with Crippen LogP contribution in [0.4, 0.5) is 8.78 Å². The van der Waals surface area contributed by atoms with E-state index in [2.05, 4.69) is 0 Å². The Morgan fingerprint density at radius 3 is 2.38 bits per heavy atom. The summed E-state index contributed by atoms with van der Waals surface area (Å²) in [4.78, 5) is 0. The largest absolute Gasteiger partial charge is 0.493 e. The van der Waals surface area contributed by atoms with Gasteiger partial charge in [0.1, 0.15) is 17.7 Å². The molecule has 6 heteroatoms. The van der Waals surface area contributed by atoms with Crippen LogP contribution < -0.4 is 14.2 Å². The van der Waals surface area contributed by atoms with Crippen molar-refractivity contribution in [2.24, 2.45) is 0 Å². The lowest BCUT2D eigenvalue weighted by molar-refractivity contribution is 0.171. The fraction of sp³-hybridized carbons (Fsp3) is 0.200. The van der Waals surface area contributed by atoms with Crippen molar-refractivity contribution in [1.82, 2.24) is 0 Å². The summed E-state index contributed by atoms with van der Waals surface area (Å²) < 4.78 is 42.2. The van der Waals surface area contributed by atoms with Gasteiger partial charge in [-0.25, -0.2) is 8.78 Å². The fourth-order valence-corrected chi connectivity index (χ4v) is 2.23. The van der Waals surface area contributed by atoms with E-state index in [9.17, 15) is 13.9 Å². The summed E-state index contributed by atoms with van der Waals surface area (Å²) in [6.07, 6.45) is -1.21. The van der Waals surface area contributed by atoms with E-state index < -0.39 is 17.7 Å². The molecule has 3 rings (SSSR count). The van der Waals surface area contributed by atoms with E-state index in [4.69, 9.17) is 14.2 Å². The molecule has 0 saturated heterocycles. The van der Waals surface area contributed by atoms with Gasteiger partial charge in [-0.15, -0.1) is 0 Å². The number of fused-ring (bicyclic) bond motifs is 1. The third-order valence-corrected chi connectivity index (χ3v) is 3.20. The van der Waals surface area contributed by atoms with Gasteiger partial charge in [-0.1, -0.05) is 0 Å². The topological polar surface area (TPSA) is 47.9 Å². The summed E-state index contributed by atoms with van der Waals surface area (Å²) in [5, 5.41) is 10.3. The second-order valence-electron chi connectivity index (χ2n) is 4.56. The summed E-state index contributed by atoms with van der Waals surface area (Å²) in [5.41, 5.74) is 0.495. The third-order valence-electron chi connectivity index (χ3n) is 3.20. The first-order valence-electron chi connectivity index (χ1n) is 6.20. The molecule has 0 aromatic heterocycles. The van der Waals surface area contributed by atoms with Crippen LogP contribution in [0.15, 0.2) is 30.3 Å². The monoisotopic (exact) mass is 294 g/mol. The highest BCUT2D eigenvalue weighted by Crippen LogP contribution is 2.43. The highest BCUT2D eigenvalue weighted by molar-refractivity contribution is 5.56. The Kier molecular flexibility index (Phi) is 3.39. The predicted octanol–water partition coefficient (Wildman–Crippen LogP) is 2.78. The Balaban J connectivity index is 2.03. The molecule has 110 valence electrons. The van der Waals surface area contributed by atoms with E-state index in [0.717, 1.165) is 18.2 Å². The van der Waals surface area contributed by atoms with Crippen LogP contribution in [0, 0.1) is 11.6 Å². The van der Waals surface area contributed by atoms with Gasteiger partial charge in [-0.05, 0) is 35.4 Å². The third kappa shape index (κ3) is 2.50. The first kappa shape index (κ1) is 13.6. The molecule has 1 aliphatic rings. The first-order chi connectivity index (χ1) is 10.1. The number of aliphatic hydroxyl groups excluding tert-OH is 1. The van der Waals surface area contributed by atoms with Gasteiger partial charge >= 0.3 is 0 Å². The van der Waals surface area contributed by atoms with Crippen molar-refractivity contribution >= 4 is 0 Å². The average Bonchev–Trinajstić information content (AvgIpc) is 2.92. The number of ether oxygens (including phenoxy) is 3. The molecule has 4 nitrogen and oxygen atoms in total. The number of rotatable bonds is 3. The number of aliphatic hydroxyl groups is 1. The molecule has 1 unspecified atom stereocenters. The quantitative estimate of drug-likeness (QED) is 0.945. The molecule has 0 aliphatic carbocycles. The lowest BCUT2D eigenvalue weighted by Gasteiger charge is -2.14. The van der Waals surface area contributed by atoms with Crippen LogP contribution in [-0.2, 0) is 0 Å². The van der Waals surface area contributed by atoms with E-state index in [-0.39, 0.29) is 12.4 Å².